The molecule has 1 heterocycles. The van der Waals surface area contributed by atoms with Crippen LogP contribution in [0.25, 0.3) is 5.69 Å². The topological polar surface area (TPSA) is 50.1 Å². The lowest BCUT2D eigenvalue weighted by molar-refractivity contribution is 0.131. The second-order valence-electron chi connectivity index (χ2n) is 6.13. The van der Waals surface area contributed by atoms with Crippen LogP contribution in [-0.2, 0) is 6.54 Å². The van der Waals surface area contributed by atoms with Gasteiger partial charge in [0, 0.05) is 18.7 Å². The number of aromatic nitrogens is 2. The fourth-order valence-electron chi connectivity index (χ4n) is 3.12. The minimum Gasteiger partial charge on any atom is -0.393 e. The minimum absolute atomic E-state index is 0.194. The number of aliphatic hydroxyl groups excluding tert-OH is 1. The van der Waals surface area contributed by atoms with Gasteiger partial charge in [-0.15, -0.1) is 0 Å². The number of benzene rings is 1. The van der Waals surface area contributed by atoms with E-state index in [1.807, 2.05) is 6.92 Å². The van der Waals surface area contributed by atoms with Crippen molar-refractivity contribution in [3.05, 3.63) is 46.5 Å². The van der Waals surface area contributed by atoms with E-state index in [0.29, 0.717) is 17.6 Å². The molecular formula is C17H21ClFN3O. The molecule has 2 atom stereocenters. The van der Waals surface area contributed by atoms with Gasteiger partial charge in [-0.05, 0) is 49.9 Å². The molecule has 1 aliphatic carbocycles. The van der Waals surface area contributed by atoms with E-state index >= 15 is 0 Å². The molecule has 2 N–H and O–H groups in total. The fraction of sp³-hybridized carbons (Fsp3) is 0.471. The fourth-order valence-corrected chi connectivity index (χ4v) is 3.46. The van der Waals surface area contributed by atoms with Crippen LogP contribution in [0.2, 0.25) is 5.15 Å². The van der Waals surface area contributed by atoms with Crippen LogP contribution in [0.1, 0.15) is 30.5 Å². The maximum Gasteiger partial charge on any atom is 0.137 e. The van der Waals surface area contributed by atoms with E-state index in [1.54, 1.807) is 16.8 Å². The van der Waals surface area contributed by atoms with Gasteiger partial charge in [-0.3, -0.25) is 0 Å². The summed E-state index contributed by atoms with van der Waals surface area (Å²) in [5, 5.41) is 18.2. The Labute approximate surface area is 140 Å². The number of hydrogen-bond acceptors (Lipinski definition) is 3. The molecule has 6 heteroatoms. The van der Waals surface area contributed by atoms with Crippen LogP contribution in [-0.4, -0.2) is 27.5 Å². The summed E-state index contributed by atoms with van der Waals surface area (Å²) in [5.41, 5.74) is 2.51. The SMILES string of the molecule is Cc1nn(-c2ccc(F)cc2)c(Cl)c1CNCC1CCCC1O. The lowest BCUT2D eigenvalue weighted by Crippen LogP contribution is -2.27. The van der Waals surface area contributed by atoms with Crippen molar-refractivity contribution in [3.63, 3.8) is 0 Å². The normalized spacial score (nSPS) is 21.0. The first-order valence-corrected chi connectivity index (χ1v) is 8.33. The van der Waals surface area contributed by atoms with E-state index in [4.69, 9.17) is 11.6 Å². The van der Waals surface area contributed by atoms with Gasteiger partial charge in [0.15, 0.2) is 0 Å². The van der Waals surface area contributed by atoms with Crippen molar-refractivity contribution in [3.8, 4) is 5.69 Å². The Morgan fingerprint density at radius 3 is 2.74 bits per heavy atom. The summed E-state index contributed by atoms with van der Waals surface area (Å²) >= 11 is 6.45. The highest BCUT2D eigenvalue weighted by atomic mass is 35.5. The monoisotopic (exact) mass is 337 g/mol. The zero-order valence-corrected chi connectivity index (χ0v) is 13.9. The average Bonchev–Trinajstić information content (AvgIpc) is 3.06. The van der Waals surface area contributed by atoms with E-state index in [-0.39, 0.29) is 11.9 Å². The lowest BCUT2D eigenvalue weighted by atomic mass is 10.1. The second kappa shape index (κ2) is 6.99. The van der Waals surface area contributed by atoms with E-state index < -0.39 is 0 Å². The Bertz CT molecular complexity index is 671. The third-order valence-electron chi connectivity index (χ3n) is 4.52. The summed E-state index contributed by atoms with van der Waals surface area (Å²) in [6.07, 6.45) is 2.86. The van der Waals surface area contributed by atoms with Crippen LogP contribution in [0, 0.1) is 18.7 Å². The van der Waals surface area contributed by atoms with Crippen LogP contribution < -0.4 is 5.32 Å². The lowest BCUT2D eigenvalue weighted by Gasteiger charge is -2.15. The van der Waals surface area contributed by atoms with Gasteiger partial charge in [-0.25, -0.2) is 9.07 Å². The average molecular weight is 338 g/mol. The number of aryl methyl sites for hydroxylation is 1. The molecular weight excluding hydrogens is 317 g/mol. The largest absolute Gasteiger partial charge is 0.393 e. The zero-order valence-electron chi connectivity index (χ0n) is 13.1. The number of rotatable bonds is 5. The molecule has 1 aromatic carbocycles. The highest BCUT2D eigenvalue weighted by Crippen LogP contribution is 2.26. The molecule has 0 bridgehead atoms. The Hall–Kier alpha value is -1.43. The van der Waals surface area contributed by atoms with Crippen LogP contribution >= 0.6 is 11.6 Å². The molecule has 1 aromatic heterocycles. The van der Waals surface area contributed by atoms with Crippen molar-refractivity contribution in [2.45, 2.75) is 38.8 Å². The highest BCUT2D eigenvalue weighted by Gasteiger charge is 2.24. The first kappa shape index (κ1) is 16.4. The van der Waals surface area contributed by atoms with E-state index in [2.05, 4.69) is 10.4 Å². The minimum atomic E-state index is -0.286. The Morgan fingerprint density at radius 2 is 2.09 bits per heavy atom. The quantitative estimate of drug-likeness (QED) is 0.880. The summed E-state index contributed by atoms with van der Waals surface area (Å²) in [6.45, 7) is 3.29. The van der Waals surface area contributed by atoms with Gasteiger partial charge in [0.25, 0.3) is 0 Å². The second-order valence-corrected chi connectivity index (χ2v) is 6.49. The standard InChI is InChI=1S/C17H21ClFN3O/c1-11-15(10-20-9-12-3-2-4-16(12)23)17(18)22(21-11)14-7-5-13(19)6-8-14/h5-8,12,16,20,23H,2-4,9-10H2,1H3. The highest BCUT2D eigenvalue weighted by molar-refractivity contribution is 6.30. The van der Waals surface area contributed by atoms with Crippen molar-refractivity contribution in [1.29, 1.82) is 0 Å². The van der Waals surface area contributed by atoms with Crippen molar-refractivity contribution < 1.29 is 9.50 Å². The Balaban J connectivity index is 1.69. The number of nitrogens with zero attached hydrogens (tertiary/aromatic N) is 2. The molecule has 124 valence electrons. The molecule has 2 aromatic rings. The summed E-state index contributed by atoms with van der Waals surface area (Å²) in [4.78, 5) is 0. The molecule has 23 heavy (non-hydrogen) atoms. The number of hydrogen-bond donors (Lipinski definition) is 2. The first-order chi connectivity index (χ1) is 11.1. The van der Waals surface area contributed by atoms with Gasteiger partial charge in [-0.1, -0.05) is 18.0 Å². The molecule has 0 saturated heterocycles. The molecule has 0 radical (unpaired) electrons. The Morgan fingerprint density at radius 1 is 1.35 bits per heavy atom. The molecule has 4 nitrogen and oxygen atoms in total. The first-order valence-electron chi connectivity index (χ1n) is 7.95. The summed E-state index contributed by atoms with van der Waals surface area (Å²) < 4.78 is 14.7. The molecule has 3 rings (SSSR count). The maximum atomic E-state index is 13.0. The molecule has 0 amide bonds. The van der Waals surface area contributed by atoms with Crippen molar-refractivity contribution in [2.75, 3.05) is 6.54 Å². The molecule has 1 saturated carbocycles. The van der Waals surface area contributed by atoms with Gasteiger partial charge >= 0.3 is 0 Å². The number of halogens is 2. The van der Waals surface area contributed by atoms with Gasteiger partial charge in [0.2, 0.25) is 0 Å². The van der Waals surface area contributed by atoms with Crippen molar-refractivity contribution in [1.82, 2.24) is 15.1 Å². The van der Waals surface area contributed by atoms with Gasteiger partial charge < -0.3 is 10.4 Å². The smallest absolute Gasteiger partial charge is 0.137 e. The summed E-state index contributed by atoms with van der Waals surface area (Å²) in [7, 11) is 0. The van der Waals surface area contributed by atoms with E-state index in [1.165, 1.54) is 12.1 Å². The van der Waals surface area contributed by atoms with Gasteiger partial charge in [0.1, 0.15) is 11.0 Å². The summed E-state index contributed by atoms with van der Waals surface area (Å²) in [5.74, 6) is 0.0342. The Kier molecular flexibility index (Phi) is 4.99. The van der Waals surface area contributed by atoms with E-state index in [0.717, 1.165) is 42.8 Å². The summed E-state index contributed by atoms with van der Waals surface area (Å²) in [6, 6.07) is 6.09. The van der Waals surface area contributed by atoms with Crippen molar-refractivity contribution >= 4 is 11.6 Å². The predicted octanol–water partition coefficient (Wildman–Crippen LogP) is 3.22. The van der Waals surface area contributed by atoms with Crippen LogP contribution in [0.3, 0.4) is 0 Å². The van der Waals surface area contributed by atoms with Gasteiger partial charge in [-0.2, -0.15) is 5.10 Å². The molecule has 2 unspecified atom stereocenters. The molecule has 1 aliphatic rings. The maximum absolute atomic E-state index is 13.0. The predicted molar refractivity (Wildman–Crippen MR) is 88.3 cm³/mol. The van der Waals surface area contributed by atoms with Crippen LogP contribution in [0.4, 0.5) is 4.39 Å². The molecule has 0 aliphatic heterocycles. The third-order valence-corrected chi connectivity index (χ3v) is 4.91. The third kappa shape index (κ3) is 3.57. The van der Waals surface area contributed by atoms with Crippen LogP contribution in [0.15, 0.2) is 24.3 Å². The molecule has 0 spiro atoms. The van der Waals surface area contributed by atoms with E-state index in [9.17, 15) is 9.50 Å². The number of aliphatic hydroxyl groups is 1. The molecule has 1 fully saturated rings. The van der Waals surface area contributed by atoms with Gasteiger partial charge in [0.05, 0.1) is 17.5 Å². The van der Waals surface area contributed by atoms with Crippen molar-refractivity contribution in [2.24, 2.45) is 5.92 Å². The number of nitrogens with one attached hydrogen (secondary N) is 1. The van der Waals surface area contributed by atoms with Crippen LogP contribution in [0.5, 0.6) is 0 Å². The zero-order chi connectivity index (χ0) is 16.4.